The van der Waals surface area contributed by atoms with E-state index in [0.717, 1.165) is 26.1 Å². The fourth-order valence-corrected chi connectivity index (χ4v) is 4.81. The summed E-state index contributed by atoms with van der Waals surface area (Å²) < 4.78 is 5.34. The Morgan fingerprint density at radius 2 is 1.63 bits per heavy atom. The lowest BCUT2D eigenvalue weighted by molar-refractivity contribution is -0.134. The molecule has 0 spiro atoms. The Bertz CT molecular complexity index is 1130. The minimum atomic E-state index is -1.34. The van der Waals surface area contributed by atoms with Gasteiger partial charge in [0.05, 0.1) is 17.6 Å². The second-order valence-corrected chi connectivity index (χ2v) is 8.27. The number of furan rings is 1. The van der Waals surface area contributed by atoms with Crippen molar-refractivity contribution in [2.45, 2.75) is 22.3 Å². The van der Waals surface area contributed by atoms with Crippen LogP contribution in [-0.2, 0) is 15.1 Å². The van der Waals surface area contributed by atoms with Crippen molar-refractivity contribution in [2.75, 3.05) is 11.4 Å². The highest BCUT2D eigenvalue weighted by molar-refractivity contribution is 7.99. The van der Waals surface area contributed by atoms with Gasteiger partial charge in [-0.1, -0.05) is 36.0 Å². The Morgan fingerprint density at radius 3 is 2.23 bits per heavy atom. The number of nitrogens with zero attached hydrogens (tertiary/aromatic N) is 2. The van der Waals surface area contributed by atoms with Crippen molar-refractivity contribution in [3.63, 3.8) is 0 Å². The van der Waals surface area contributed by atoms with Crippen LogP contribution in [0.15, 0.2) is 81.1 Å². The summed E-state index contributed by atoms with van der Waals surface area (Å²) in [6, 6.07) is 17.8. The van der Waals surface area contributed by atoms with Crippen LogP contribution in [-0.4, -0.2) is 29.3 Å². The van der Waals surface area contributed by atoms with Crippen LogP contribution in [0.25, 0.3) is 0 Å². The molecule has 0 bridgehead atoms. The number of fused-ring (bicyclic) bond motifs is 2. The average molecular weight is 419 g/mol. The number of anilines is 2. The molecule has 4 amide bonds. The highest BCUT2D eigenvalue weighted by Gasteiger charge is 2.51. The van der Waals surface area contributed by atoms with Crippen molar-refractivity contribution in [2.24, 2.45) is 0 Å². The number of urea groups is 1. The van der Waals surface area contributed by atoms with E-state index in [2.05, 4.69) is 5.32 Å². The van der Waals surface area contributed by atoms with E-state index in [4.69, 9.17) is 4.42 Å². The summed E-state index contributed by atoms with van der Waals surface area (Å²) in [5, 5.41) is 2.65. The molecule has 7 nitrogen and oxygen atoms in total. The molecule has 1 fully saturated rings. The van der Waals surface area contributed by atoms with Gasteiger partial charge in [0.1, 0.15) is 12.3 Å². The van der Waals surface area contributed by atoms with Crippen LogP contribution in [0.4, 0.5) is 16.2 Å². The Balaban J connectivity index is 1.48. The van der Waals surface area contributed by atoms with Gasteiger partial charge in [0.15, 0.2) is 5.54 Å². The lowest BCUT2D eigenvalue weighted by Crippen LogP contribution is -2.43. The van der Waals surface area contributed by atoms with E-state index in [9.17, 15) is 14.4 Å². The third-order valence-corrected chi connectivity index (χ3v) is 6.39. The maximum Gasteiger partial charge on any atom is 0.325 e. The van der Waals surface area contributed by atoms with E-state index >= 15 is 0 Å². The number of benzene rings is 2. The fraction of sp³-hybridized carbons (Fsp3) is 0.136. The molecule has 0 radical (unpaired) electrons. The molecule has 0 saturated carbocycles. The van der Waals surface area contributed by atoms with Crippen LogP contribution in [0, 0.1) is 0 Å². The maximum atomic E-state index is 13.4. The number of nitrogens with one attached hydrogen (secondary N) is 1. The van der Waals surface area contributed by atoms with E-state index in [-0.39, 0.29) is 12.5 Å². The van der Waals surface area contributed by atoms with Crippen LogP contribution in [0.2, 0.25) is 0 Å². The SMILES string of the molecule is C[C@@]1(c2ccco2)NC(=O)N(CC(=O)N2c3ccccc3Sc3ccccc32)C1=O. The Labute approximate surface area is 176 Å². The predicted octanol–water partition coefficient (Wildman–Crippen LogP) is 3.88. The first-order valence-electron chi connectivity index (χ1n) is 9.36. The molecule has 0 aliphatic carbocycles. The standard InChI is InChI=1S/C22H17N3O4S/c1-22(18-11-6-12-29-18)20(27)24(21(28)23-22)13-19(26)25-14-7-2-4-9-16(14)30-17-10-5-3-8-15(17)25/h2-12H,13H2,1H3,(H,23,28)/t22-/m0/s1. The molecular formula is C22H17N3O4S. The molecule has 1 atom stereocenters. The largest absolute Gasteiger partial charge is 0.466 e. The third-order valence-electron chi connectivity index (χ3n) is 5.26. The van der Waals surface area contributed by atoms with Crippen LogP contribution in [0.1, 0.15) is 12.7 Å². The van der Waals surface area contributed by atoms with Crippen LogP contribution in [0.5, 0.6) is 0 Å². The topological polar surface area (TPSA) is 82.9 Å². The van der Waals surface area contributed by atoms with Gasteiger partial charge in [0.25, 0.3) is 11.8 Å². The third kappa shape index (κ3) is 2.72. The highest BCUT2D eigenvalue weighted by Crippen LogP contribution is 2.48. The summed E-state index contributed by atoms with van der Waals surface area (Å²) in [5.74, 6) is -0.577. The van der Waals surface area contributed by atoms with Crippen molar-refractivity contribution < 1.29 is 18.8 Å². The first kappa shape index (κ1) is 18.5. The summed E-state index contributed by atoms with van der Waals surface area (Å²) in [6.07, 6.45) is 1.44. The van der Waals surface area contributed by atoms with Crippen molar-refractivity contribution in [3.05, 3.63) is 72.7 Å². The zero-order valence-electron chi connectivity index (χ0n) is 16.0. The van der Waals surface area contributed by atoms with Crippen molar-refractivity contribution in [1.82, 2.24) is 10.2 Å². The van der Waals surface area contributed by atoms with E-state index in [0.29, 0.717) is 5.76 Å². The highest BCUT2D eigenvalue weighted by atomic mass is 32.2. The fourth-order valence-electron chi connectivity index (χ4n) is 3.75. The second kappa shape index (κ2) is 6.77. The van der Waals surface area contributed by atoms with Gasteiger partial charge < -0.3 is 9.73 Å². The summed E-state index contributed by atoms with van der Waals surface area (Å²) in [4.78, 5) is 43.4. The Kier molecular flexibility index (Phi) is 4.18. The number of hydrogen-bond acceptors (Lipinski definition) is 5. The second-order valence-electron chi connectivity index (χ2n) is 7.19. The maximum absolute atomic E-state index is 13.4. The zero-order chi connectivity index (χ0) is 20.9. The van der Waals surface area contributed by atoms with Crippen molar-refractivity contribution >= 4 is 41.0 Å². The molecule has 30 heavy (non-hydrogen) atoms. The van der Waals surface area contributed by atoms with E-state index in [1.807, 2.05) is 48.5 Å². The number of carbonyl (C=O) groups excluding carboxylic acids is 3. The van der Waals surface area contributed by atoms with Gasteiger partial charge in [0.2, 0.25) is 0 Å². The summed E-state index contributed by atoms with van der Waals surface area (Å²) >= 11 is 1.58. The minimum absolute atomic E-state index is 0.320. The summed E-state index contributed by atoms with van der Waals surface area (Å²) in [5.41, 5.74) is 0.119. The molecule has 5 rings (SSSR count). The molecule has 150 valence electrons. The predicted molar refractivity (Wildman–Crippen MR) is 110 cm³/mol. The zero-order valence-corrected chi connectivity index (χ0v) is 16.8. The number of imide groups is 1. The molecule has 2 aliphatic heterocycles. The van der Waals surface area contributed by atoms with E-state index in [1.165, 1.54) is 6.26 Å². The molecule has 3 heterocycles. The first-order chi connectivity index (χ1) is 14.5. The van der Waals surface area contributed by atoms with Crippen LogP contribution < -0.4 is 10.2 Å². The molecule has 2 aliphatic rings. The van der Waals surface area contributed by atoms with Gasteiger partial charge in [-0.3, -0.25) is 19.4 Å². The smallest absolute Gasteiger partial charge is 0.325 e. The molecule has 0 unspecified atom stereocenters. The number of rotatable bonds is 3. The van der Waals surface area contributed by atoms with Crippen LogP contribution >= 0.6 is 11.8 Å². The van der Waals surface area contributed by atoms with Gasteiger partial charge in [-0.2, -0.15) is 0 Å². The van der Waals surface area contributed by atoms with Crippen molar-refractivity contribution in [1.29, 1.82) is 0 Å². The molecule has 2 aromatic carbocycles. The quantitative estimate of drug-likeness (QED) is 0.652. The molecule has 1 saturated heterocycles. The monoisotopic (exact) mass is 419 g/mol. The van der Waals surface area contributed by atoms with E-state index < -0.39 is 17.5 Å². The number of amides is 4. The molecular weight excluding hydrogens is 402 g/mol. The van der Waals surface area contributed by atoms with Gasteiger partial charge in [-0.15, -0.1) is 0 Å². The van der Waals surface area contributed by atoms with E-state index in [1.54, 1.807) is 35.7 Å². The van der Waals surface area contributed by atoms with Crippen LogP contribution in [0.3, 0.4) is 0 Å². The summed E-state index contributed by atoms with van der Waals surface area (Å²) in [6.45, 7) is 1.19. The molecule has 3 aromatic rings. The number of hydrogen-bond donors (Lipinski definition) is 1. The van der Waals surface area contributed by atoms with Gasteiger partial charge in [-0.25, -0.2) is 4.79 Å². The Hall–Kier alpha value is -3.52. The first-order valence-corrected chi connectivity index (χ1v) is 10.2. The lowest BCUT2D eigenvalue weighted by atomic mass is 9.99. The molecule has 1 aromatic heterocycles. The Morgan fingerprint density at radius 1 is 1.00 bits per heavy atom. The van der Waals surface area contributed by atoms with Gasteiger partial charge in [0, 0.05) is 9.79 Å². The number of para-hydroxylation sites is 2. The summed E-state index contributed by atoms with van der Waals surface area (Å²) in [7, 11) is 0. The lowest BCUT2D eigenvalue weighted by Gasteiger charge is -2.31. The minimum Gasteiger partial charge on any atom is -0.466 e. The normalized spacial score (nSPS) is 20.0. The molecule has 8 heteroatoms. The van der Waals surface area contributed by atoms with Crippen molar-refractivity contribution in [3.8, 4) is 0 Å². The van der Waals surface area contributed by atoms with Gasteiger partial charge >= 0.3 is 6.03 Å². The van der Waals surface area contributed by atoms with Gasteiger partial charge in [-0.05, 0) is 43.3 Å². The number of carbonyl (C=O) groups is 3. The average Bonchev–Trinajstić information content (AvgIpc) is 3.36. The molecule has 1 N–H and O–H groups in total.